The molecule has 0 aliphatic heterocycles. The van der Waals surface area contributed by atoms with Gasteiger partial charge in [0.15, 0.2) is 6.29 Å². The van der Waals surface area contributed by atoms with Gasteiger partial charge >= 0.3 is 5.97 Å². The quantitative estimate of drug-likeness (QED) is 0.369. The third kappa shape index (κ3) is 5.62. The van der Waals surface area contributed by atoms with Gasteiger partial charge in [0.1, 0.15) is 5.75 Å². The van der Waals surface area contributed by atoms with Crippen molar-refractivity contribution in [3.8, 4) is 5.75 Å². The van der Waals surface area contributed by atoms with Gasteiger partial charge in [-0.05, 0) is 60.4 Å². The van der Waals surface area contributed by atoms with Gasteiger partial charge in [-0.3, -0.25) is 14.4 Å². The summed E-state index contributed by atoms with van der Waals surface area (Å²) < 4.78 is 4.97. The molecule has 0 aliphatic rings. The maximum atomic E-state index is 12.6. The molecule has 29 heavy (non-hydrogen) atoms. The standard InChI is InChI=1S/C24H21NO4/c1-17(27)29-22-13-11-20(12-14-22)24(28)25-23-15-19(9-10-21(23)16-26)8-7-18-5-3-2-4-6-18/h2-6,9-16H,7-8H2,1H3,(H,25,28). The van der Waals surface area contributed by atoms with Crippen LogP contribution < -0.4 is 10.1 Å². The van der Waals surface area contributed by atoms with E-state index >= 15 is 0 Å². The first-order chi connectivity index (χ1) is 14.0. The van der Waals surface area contributed by atoms with Gasteiger partial charge in [-0.25, -0.2) is 0 Å². The normalized spacial score (nSPS) is 10.2. The van der Waals surface area contributed by atoms with Crippen molar-refractivity contribution in [2.45, 2.75) is 19.8 Å². The Kier molecular flexibility index (Phi) is 6.53. The van der Waals surface area contributed by atoms with Crippen LogP contribution in [0.25, 0.3) is 0 Å². The van der Waals surface area contributed by atoms with Crippen LogP contribution in [-0.2, 0) is 17.6 Å². The molecule has 146 valence electrons. The van der Waals surface area contributed by atoms with Crippen LogP contribution in [0.5, 0.6) is 5.75 Å². The highest BCUT2D eigenvalue weighted by Crippen LogP contribution is 2.20. The average molecular weight is 387 g/mol. The van der Waals surface area contributed by atoms with Crippen molar-refractivity contribution >= 4 is 23.9 Å². The van der Waals surface area contributed by atoms with Gasteiger partial charge in [-0.1, -0.05) is 36.4 Å². The average Bonchev–Trinajstić information content (AvgIpc) is 2.73. The second kappa shape index (κ2) is 9.46. The molecule has 0 spiro atoms. The van der Waals surface area contributed by atoms with Crippen LogP contribution in [0.4, 0.5) is 5.69 Å². The lowest BCUT2D eigenvalue weighted by atomic mass is 10.0. The zero-order valence-electron chi connectivity index (χ0n) is 16.1. The van der Waals surface area contributed by atoms with Crippen molar-refractivity contribution in [1.82, 2.24) is 0 Å². The lowest BCUT2D eigenvalue weighted by Crippen LogP contribution is -2.13. The molecule has 1 amide bonds. The Labute approximate surface area is 169 Å². The summed E-state index contributed by atoms with van der Waals surface area (Å²) in [5.74, 6) is -0.404. The maximum absolute atomic E-state index is 12.6. The minimum absolute atomic E-state index is 0.345. The Hall–Kier alpha value is -3.73. The van der Waals surface area contributed by atoms with Crippen molar-refractivity contribution in [3.63, 3.8) is 0 Å². The van der Waals surface area contributed by atoms with Crippen LogP contribution >= 0.6 is 0 Å². The molecule has 3 rings (SSSR count). The molecule has 0 heterocycles. The van der Waals surface area contributed by atoms with E-state index in [0.717, 1.165) is 24.7 Å². The predicted molar refractivity (Wildman–Crippen MR) is 111 cm³/mol. The SMILES string of the molecule is CC(=O)Oc1ccc(C(=O)Nc2cc(CCc3ccccc3)ccc2C=O)cc1. The molecule has 3 aromatic rings. The van der Waals surface area contributed by atoms with E-state index in [1.54, 1.807) is 30.3 Å². The zero-order chi connectivity index (χ0) is 20.6. The van der Waals surface area contributed by atoms with Crippen molar-refractivity contribution in [3.05, 3.63) is 95.1 Å². The summed E-state index contributed by atoms with van der Waals surface area (Å²) >= 11 is 0. The number of benzene rings is 3. The monoisotopic (exact) mass is 387 g/mol. The minimum Gasteiger partial charge on any atom is -0.427 e. The number of hydrogen-bond acceptors (Lipinski definition) is 4. The molecule has 5 nitrogen and oxygen atoms in total. The Morgan fingerprint density at radius 3 is 2.24 bits per heavy atom. The number of aryl methyl sites for hydroxylation is 2. The molecule has 0 radical (unpaired) electrons. The van der Waals surface area contributed by atoms with E-state index in [9.17, 15) is 14.4 Å². The van der Waals surface area contributed by atoms with E-state index in [-0.39, 0.29) is 5.91 Å². The van der Waals surface area contributed by atoms with Gasteiger partial charge in [0.25, 0.3) is 5.91 Å². The topological polar surface area (TPSA) is 72.5 Å². The Morgan fingerprint density at radius 2 is 1.59 bits per heavy atom. The molecule has 0 fully saturated rings. The Balaban J connectivity index is 1.72. The number of hydrogen-bond donors (Lipinski definition) is 1. The van der Waals surface area contributed by atoms with Gasteiger partial charge < -0.3 is 10.1 Å². The molecule has 1 N–H and O–H groups in total. The molecule has 0 atom stereocenters. The number of anilines is 1. The molecule has 0 aliphatic carbocycles. The van der Waals surface area contributed by atoms with Gasteiger partial charge in [-0.15, -0.1) is 0 Å². The zero-order valence-corrected chi connectivity index (χ0v) is 16.1. The van der Waals surface area contributed by atoms with Crippen molar-refractivity contribution in [1.29, 1.82) is 0 Å². The van der Waals surface area contributed by atoms with Gasteiger partial charge in [-0.2, -0.15) is 0 Å². The smallest absolute Gasteiger partial charge is 0.308 e. The highest BCUT2D eigenvalue weighted by Gasteiger charge is 2.11. The number of carbonyl (C=O) groups excluding carboxylic acids is 3. The fourth-order valence-electron chi connectivity index (χ4n) is 2.94. The summed E-state index contributed by atoms with van der Waals surface area (Å²) in [6.45, 7) is 1.31. The molecular formula is C24H21NO4. The van der Waals surface area contributed by atoms with Gasteiger partial charge in [0, 0.05) is 18.1 Å². The number of ether oxygens (including phenoxy) is 1. The van der Waals surface area contributed by atoms with E-state index in [2.05, 4.69) is 17.4 Å². The molecular weight excluding hydrogens is 366 g/mol. The number of rotatable bonds is 7. The van der Waals surface area contributed by atoms with Crippen LogP contribution in [0, 0.1) is 0 Å². The first-order valence-corrected chi connectivity index (χ1v) is 9.27. The molecule has 0 unspecified atom stereocenters. The third-order valence-electron chi connectivity index (χ3n) is 4.42. The number of amides is 1. The lowest BCUT2D eigenvalue weighted by Gasteiger charge is -2.11. The number of carbonyl (C=O) groups is 3. The van der Waals surface area contributed by atoms with Crippen molar-refractivity contribution in [2.24, 2.45) is 0 Å². The highest BCUT2D eigenvalue weighted by atomic mass is 16.5. The summed E-state index contributed by atoms with van der Waals surface area (Å²) in [5, 5.41) is 2.80. The number of aldehydes is 1. The molecule has 0 saturated heterocycles. The van der Waals surface area contributed by atoms with Crippen LogP contribution in [0.15, 0.2) is 72.8 Å². The molecule has 5 heteroatoms. The summed E-state index contributed by atoms with van der Waals surface area (Å²) in [6, 6.07) is 21.8. The van der Waals surface area contributed by atoms with Gasteiger partial charge in [0.05, 0.1) is 5.69 Å². The highest BCUT2D eigenvalue weighted by molar-refractivity contribution is 6.06. The maximum Gasteiger partial charge on any atom is 0.308 e. The molecule has 0 saturated carbocycles. The Bertz CT molecular complexity index is 1010. The summed E-state index contributed by atoms with van der Waals surface area (Å²) in [4.78, 5) is 34.9. The first-order valence-electron chi connectivity index (χ1n) is 9.27. The predicted octanol–water partition coefficient (Wildman–Crippen LogP) is 4.46. The van der Waals surface area contributed by atoms with Crippen molar-refractivity contribution < 1.29 is 19.1 Å². The minimum atomic E-state index is -0.426. The van der Waals surface area contributed by atoms with E-state index in [4.69, 9.17) is 4.74 Å². The fraction of sp³-hybridized carbons (Fsp3) is 0.125. The number of nitrogens with one attached hydrogen (secondary N) is 1. The van der Waals surface area contributed by atoms with E-state index < -0.39 is 5.97 Å². The second-order valence-electron chi connectivity index (χ2n) is 6.60. The first kappa shape index (κ1) is 20.0. The third-order valence-corrected chi connectivity index (χ3v) is 4.42. The largest absolute Gasteiger partial charge is 0.427 e. The van der Waals surface area contributed by atoms with E-state index in [0.29, 0.717) is 22.6 Å². The van der Waals surface area contributed by atoms with Gasteiger partial charge in [0.2, 0.25) is 0 Å². The number of esters is 1. The molecule has 3 aromatic carbocycles. The second-order valence-corrected chi connectivity index (χ2v) is 6.60. The lowest BCUT2D eigenvalue weighted by molar-refractivity contribution is -0.131. The molecule has 0 bridgehead atoms. The summed E-state index contributed by atoms with van der Waals surface area (Å²) in [6.07, 6.45) is 2.38. The van der Waals surface area contributed by atoms with E-state index in [1.165, 1.54) is 12.5 Å². The van der Waals surface area contributed by atoms with Crippen LogP contribution in [-0.4, -0.2) is 18.2 Å². The summed E-state index contributed by atoms with van der Waals surface area (Å²) in [5.41, 5.74) is 3.54. The van der Waals surface area contributed by atoms with E-state index in [1.807, 2.05) is 30.3 Å². The van der Waals surface area contributed by atoms with Crippen molar-refractivity contribution in [2.75, 3.05) is 5.32 Å². The Morgan fingerprint density at radius 1 is 0.897 bits per heavy atom. The summed E-state index contributed by atoms with van der Waals surface area (Å²) in [7, 11) is 0. The fourth-order valence-corrected chi connectivity index (χ4v) is 2.94. The van der Waals surface area contributed by atoms with Crippen LogP contribution in [0.2, 0.25) is 0 Å². The van der Waals surface area contributed by atoms with Crippen LogP contribution in [0.3, 0.4) is 0 Å². The van der Waals surface area contributed by atoms with Crippen LogP contribution in [0.1, 0.15) is 38.8 Å². The molecule has 0 aromatic heterocycles.